The number of benzene rings is 2. The average Bonchev–Trinajstić information content (AvgIpc) is 3.19. The molecule has 144 valence electrons. The lowest BCUT2D eigenvalue weighted by Gasteiger charge is -2.33. The smallest absolute Gasteiger partial charge is 0.253 e. The van der Waals surface area contributed by atoms with E-state index >= 15 is 0 Å². The van der Waals surface area contributed by atoms with Gasteiger partial charge in [0.15, 0.2) is 0 Å². The molecule has 0 N–H and O–H groups in total. The first-order valence-electron chi connectivity index (χ1n) is 9.58. The number of para-hydroxylation sites is 1. The molecule has 2 aromatic carbocycles. The van der Waals surface area contributed by atoms with Crippen LogP contribution in [0.1, 0.15) is 30.0 Å². The quantitative estimate of drug-likeness (QED) is 0.822. The highest BCUT2D eigenvalue weighted by Gasteiger charge is 2.44. The summed E-state index contributed by atoms with van der Waals surface area (Å²) >= 11 is 0. The first-order chi connectivity index (χ1) is 13.6. The number of carbonyl (C=O) groups is 2. The fourth-order valence-corrected chi connectivity index (χ4v) is 4.36. The van der Waals surface area contributed by atoms with E-state index in [2.05, 4.69) is 6.58 Å². The summed E-state index contributed by atoms with van der Waals surface area (Å²) in [7, 11) is 1.49. The maximum atomic E-state index is 13.7. The summed E-state index contributed by atoms with van der Waals surface area (Å²) in [4.78, 5) is 30.3. The van der Waals surface area contributed by atoms with Gasteiger partial charge in [0.05, 0.1) is 6.04 Å². The number of nitrogens with zero attached hydrogens (tertiary/aromatic N) is 2. The third kappa shape index (κ3) is 3.02. The van der Waals surface area contributed by atoms with Crippen LogP contribution in [-0.2, 0) is 14.3 Å². The van der Waals surface area contributed by atoms with Gasteiger partial charge in [-0.2, -0.15) is 0 Å². The van der Waals surface area contributed by atoms with Gasteiger partial charge in [-0.25, -0.2) is 0 Å². The number of rotatable bonds is 4. The molecule has 2 aliphatic rings. The number of fused-ring (bicyclic) bond motifs is 2. The molecule has 1 saturated heterocycles. The molecule has 5 nitrogen and oxygen atoms in total. The van der Waals surface area contributed by atoms with Gasteiger partial charge in [-0.15, -0.1) is 0 Å². The Morgan fingerprint density at radius 2 is 1.89 bits per heavy atom. The predicted molar refractivity (Wildman–Crippen MR) is 109 cm³/mol. The standard InChI is InChI=1S/C23H24N2O3/c1-16-18-11-6-7-12-19(18)22(23(27)24-14-8-13-20(16)24)25(21(26)15-28-2)17-9-4-3-5-10-17/h3-7,9-12,20,22H,1,8,13-15H2,2H3/t20-,22-/m1/s1. The number of methoxy groups -OCH3 is 1. The van der Waals surface area contributed by atoms with Gasteiger partial charge >= 0.3 is 0 Å². The molecule has 2 amide bonds. The van der Waals surface area contributed by atoms with Crippen LogP contribution < -0.4 is 4.90 Å². The van der Waals surface area contributed by atoms with Crippen molar-refractivity contribution < 1.29 is 14.3 Å². The van der Waals surface area contributed by atoms with Crippen LogP contribution in [-0.4, -0.2) is 43.0 Å². The number of ether oxygens (including phenoxy) is 1. The molecular weight excluding hydrogens is 352 g/mol. The molecule has 2 aromatic rings. The average molecular weight is 376 g/mol. The zero-order valence-electron chi connectivity index (χ0n) is 16.0. The first kappa shape index (κ1) is 18.4. The van der Waals surface area contributed by atoms with Crippen molar-refractivity contribution in [2.45, 2.75) is 24.9 Å². The van der Waals surface area contributed by atoms with E-state index in [0.717, 1.165) is 29.5 Å². The zero-order chi connectivity index (χ0) is 19.7. The molecule has 0 unspecified atom stereocenters. The lowest BCUT2D eigenvalue weighted by Crippen LogP contribution is -2.47. The zero-order valence-corrected chi connectivity index (χ0v) is 16.0. The van der Waals surface area contributed by atoms with Gasteiger partial charge in [-0.3, -0.25) is 14.5 Å². The van der Waals surface area contributed by atoms with Crippen LogP contribution in [0.25, 0.3) is 5.57 Å². The van der Waals surface area contributed by atoms with E-state index in [-0.39, 0.29) is 24.5 Å². The highest BCUT2D eigenvalue weighted by molar-refractivity contribution is 6.03. The summed E-state index contributed by atoms with van der Waals surface area (Å²) < 4.78 is 5.13. The molecule has 0 radical (unpaired) electrons. The Morgan fingerprint density at radius 3 is 2.64 bits per heavy atom. The molecule has 0 aliphatic carbocycles. The first-order valence-corrected chi connectivity index (χ1v) is 9.58. The normalized spacial score (nSPS) is 21.1. The Morgan fingerprint density at radius 1 is 1.18 bits per heavy atom. The van der Waals surface area contributed by atoms with E-state index in [4.69, 9.17) is 4.74 Å². The van der Waals surface area contributed by atoms with E-state index in [9.17, 15) is 9.59 Å². The van der Waals surface area contributed by atoms with Gasteiger partial charge in [0.1, 0.15) is 12.6 Å². The molecule has 0 aromatic heterocycles. The van der Waals surface area contributed by atoms with Crippen LogP contribution in [0, 0.1) is 0 Å². The fourth-order valence-electron chi connectivity index (χ4n) is 4.36. The highest BCUT2D eigenvalue weighted by Crippen LogP contribution is 2.41. The molecule has 2 atom stereocenters. The summed E-state index contributed by atoms with van der Waals surface area (Å²) in [5, 5.41) is 0. The number of hydrogen-bond donors (Lipinski definition) is 0. The Hall–Kier alpha value is -2.92. The van der Waals surface area contributed by atoms with Crippen LogP contribution in [0.5, 0.6) is 0 Å². The maximum Gasteiger partial charge on any atom is 0.253 e. The Kier molecular flexibility index (Phi) is 5.01. The molecule has 0 bridgehead atoms. The molecule has 0 saturated carbocycles. The van der Waals surface area contributed by atoms with Gasteiger partial charge < -0.3 is 9.64 Å². The number of anilines is 1. The van der Waals surface area contributed by atoms with Crippen LogP contribution in [0.3, 0.4) is 0 Å². The van der Waals surface area contributed by atoms with Crippen LogP contribution in [0.4, 0.5) is 5.69 Å². The second-order valence-electron chi connectivity index (χ2n) is 7.24. The minimum Gasteiger partial charge on any atom is -0.375 e. The van der Waals surface area contributed by atoms with Crippen molar-refractivity contribution in [3.63, 3.8) is 0 Å². The summed E-state index contributed by atoms with van der Waals surface area (Å²) in [5.41, 5.74) is 3.42. The van der Waals surface area contributed by atoms with E-state index in [0.29, 0.717) is 12.2 Å². The largest absolute Gasteiger partial charge is 0.375 e. The second-order valence-corrected chi connectivity index (χ2v) is 7.24. The molecule has 1 fully saturated rings. The summed E-state index contributed by atoms with van der Waals surface area (Å²) in [6.07, 6.45) is 1.85. The van der Waals surface area contributed by atoms with Crippen LogP contribution >= 0.6 is 0 Å². The van der Waals surface area contributed by atoms with Crippen LogP contribution in [0.2, 0.25) is 0 Å². The van der Waals surface area contributed by atoms with E-state index < -0.39 is 6.04 Å². The topological polar surface area (TPSA) is 49.9 Å². The summed E-state index contributed by atoms with van der Waals surface area (Å²) in [5.74, 6) is -0.299. The highest BCUT2D eigenvalue weighted by atomic mass is 16.5. The Balaban J connectivity index is 1.91. The van der Waals surface area contributed by atoms with E-state index in [1.807, 2.05) is 59.5 Å². The predicted octanol–water partition coefficient (Wildman–Crippen LogP) is 3.43. The van der Waals surface area contributed by atoms with Crippen molar-refractivity contribution in [1.29, 1.82) is 0 Å². The van der Waals surface area contributed by atoms with Crippen molar-refractivity contribution in [2.75, 3.05) is 25.2 Å². The molecule has 2 heterocycles. The molecular formula is C23H24N2O3. The third-order valence-corrected chi connectivity index (χ3v) is 5.60. The van der Waals surface area contributed by atoms with Gasteiger partial charge in [0.25, 0.3) is 11.8 Å². The van der Waals surface area contributed by atoms with E-state index in [1.165, 1.54) is 7.11 Å². The molecule has 4 rings (SSSR count). The molecule has 5 heteroatoms. The van der Waals surface area contributed by atoms with Gasteiger partial charge in [-0.05, 0) is 41.7 Å². The minimum atomic E-state index is -0.735. The minimum absolute atomic E-state index is 0.00574. The molecule has 28 heavy (non-hydrogen) atoms. The summed E-state index contributed by atoms with van der Waals surface area (Å²) in [6, 6.07) is 16.4. The van der Waals surface area contributed by atoms with Gasteiger partial charge in [0, 0.05) is 19.3 Å². The third-order valence-electron chi connectivity index (χ3n) is 5.60. The fraction of sp³-hybridized carbons (Fsp3) is 0.304. The van der Waals surface area contributed by atoms with Crippen molar-refractivity contribution in [2.24, 2.45) is 0 Å². The number of carbonyl (C=O) groups excluding carboxylic acids is 2. The van der Waals surface area contributed by atoms with Crippen molar-refractivity contribution >= 4 is 23.1 Å². The summed E-state index contributed by atoms with van der Waals surface area (Å²) in [6.45, 7) is 4.91. The lowest BCUT2D eigenvalue weighted by molar-refractivity contribution is -0.135. The van der Waals surface area contributed by atoms with Gasteiger partial charge in [0.2, 0.25) is 0 Å². The second kappa shape index (κ2) is 7.60. The van der Waals surface area contributed by atoms with Crippen LogP contribution in [0.15, 0.2) is 61.2 Å². The van der Waals surface area contributed by atoms with Crippen molar-refractivity contribution in [3.05, 3.63) is 72.3 Å². The Bertz CT molecular complexity index is 909. The number of amides is 2. The molecule has 0 spiro atoms. The SMILES string of the molecule is C=C1c2ccccc2[C@@H](N(C(=O)COC)c2ccccc2)C(=O)N2CCC[C@H]12. The number of hydrogen-bond acceptors (Lipinski definition) is 3. The van der Waals surface area contributed by atoms with Crippen molar-refractivity contribution in [3.8, 4) is 0 Å². The Labute approximate surface area is 165 Å². The van der Waals surface area contributed by atoms with E-state index in [1.54, 1.807) is 4.90 Å². The monoisotopic (exact) mass is 376 g/mol. The molecule has 2 aliphatic heterocycles. The van der Waals surface area contributed by atoms with Gasteiger partial charge in [-0.1, -0.05) is 49.0 Å². The lowest BCUT2D eigenvalue weighted by atomic mass is 9.92. The van der Waals surface area contributed by atoms with Crippen molar-refractivity contribution in [1.82, 2.24) is 4.90 Å². The maximum absolute atomic E-state index is 13.7.